The zero-order valence-electron chi connectivity index (χ0n) is 12.4. The van der Waals surface area contributed by atoms with Crippen LogP contribution in [0.1, 0.15) is 6.92 Å². The fraction of sp³-hybridized carbons (Fsp3) is 0.118. The summed E-state index contributed by atoms with van der Waals surface area (Å²) >= 11 is 1.50. The molecular formula is C17H14N2O3S. The molecule has 0 unspecified atom stereocenters. The van der Waals surface area contributed by atoms with E-state index < -0.39 is 4.92 Å². The first kappa shape index (κ1) is 15.2. The number of nitrogens with zero attached hydrogens (tertiary/aromatic N) is 2. The van der Waals surface area contributed by atoms with E-state index in [0.29, 0.717) is 6.61 Å². The van der Waals surface area contributed by atoms with Crippen LogP contribution in [0, 0.1) is 10.1 Å². The lowest BCUT2D eigenvalue weighted by Gasteiger charge is -2.03. The number of nitro benzene ring substituents is 1. The number of nitro groups is 1. The molecule has 5 nitrogen and oxygen atoms in total. The van der Waals surface area contributed by atoms with Crippen molar-refractivity contribution < 1.29 is 9.66 Å². The fourth-order valence-electron chi connectivity index (χ4n) is 2.20. The largest absolute Gasteiger partial charge is 0.494 e. The Hall–Kier alpha value is -2.73. The quantitative estimate of drug-likeness (QED) is 0.500. The van der Waals surface area contributed by atoms with E-state index in [0.717, 1.165) is 27.6 Å². The maximum absolute atomic E-state index is 10.9. The van der Waals surface area contributed by atoms with Gasteiger partial charge in [-0.15, -0.1) is 11.3 Å². The average molecular weight is 326 g/mol. The molecule has 1 heterocycles. The molecule has 23 heavy (non-hydrogen) atoms. The lowest BCUT2D eigenvalue weighted by atomic mass is 10.1. The summed E-state index contributed by atoms with van der Waals surface area (Å²) in [6.45, 7) is 2.55. The molecule has 0 N–H and O–H groups in total. The van der Waals surface area contributed by atoms with E-state index >= 15 is 0 Å². The van der Waals surface area contributed by atoms with Gasteiger partial charge in [-0.1, -0.05) is 24.3 Å². The second-order valence-corrected chi connectivity index (χ2v) is 5.66. The lowest BCUT2D eigenvalue weighted by Crippen LogP contribution is -1.91. The van der Waals surface area contributed by atoms with Crippen LogP contribution >= 0.6 is 11.3 Å². The Morgan fingerprint density at radius 1 is 1.17 bits per heavy atom. The molecule has 0 aliphatic rings. The van der Waals surface area contributed by atoms with Crippen molar-refractivity contribution in [2.24, 2.45) is 0 Å². The summed E-state index contributed by atoms with van der Waals surface area (Å²) in [6, 6.07) is 14.2. The molecule has 0 saturated carbocycles. The Morgan fingerprint density at radius 3 is 2.74 bits per heavy atom. The molecule has 3 aromatic rings. The first-order chi connectivity index (χ1) is 11.2. The van der Waals surface area contributed by atoms with Crippen LogP contribution in [-0.4, -0.2) is 16.5 Å². The van der Waals surface area contributed by atoms with Crippen molar-refractivity contribution in [2.45, 2.75) is 6.92 Å². The summed E-state index contributed by atoms with van der Waals surface area (Å²) in [7, 11) is 0. The van der Waals surface area contributed by atoms with Crippen molar-refractivity contribution in [1.82, 2.24) is 4.98 Å². The highest BCUT2D eigenvalue weighted by atomic mass is 32.1. The van der Waals surface area contributed by atoms with Gasteiger partial charge in [0, 0.05) is 28.6 Å². The molecule has 116 valence electrons. The second kappa shape index (κ2) is 6.58. The van der Waals surface area contributed by atoms with Crippen LogP contribution in [0.2, 0.25) is 0 Å². The monoisotopic (exact) mass is 326 g/mol. The Kier molecular flexibility index (Phi) is 4.34. The van der Waals surface area contributed by atoms with E-state index in [1.165, 1.54) is 23.5 Å². The lowest BCUT2D eigenvalue weighted by molar-refractivity contribution is -0.384. The van der Waals surface area contributed by atoms with E-state index in [-0.39, 0.29) is 5.69 Å². The number of thiazole rings is 1. The van der Waals surface area contributed by atoms with Crippen LogP contribution in [0.4, 0.5) is 5.69 Å². The van der Waals surface area contributed by atoms with Crippen molar-refractivity contribution in [3.8, 4) is 27.6 Å². The van der Waals surface area contributed by atoms with E-state index in [1.807, 2.05) is 42.6 Å². The Balaban J connectivity index is 1.93. The van der Waals surface area contributed by atoms with E-state index in [9.17, 15) is 10.1 Å². The third-order valence-corrected chi connectivity index (χ3v) is 4.14. The molecule has 0 atom stereocenters. The summed E-state index contributed by atoms with van der Waals surface area (Å²) in [5.74, 6) is 0.803. The Labute approximate surface area is 137 Å². The highest BCUT2D eigenvalue weighted by molar-refractivity contribution is 7.13. The summed E-state index contributed by atoms with van der Waals surface area (Å²) in [5, 5.41) is 13.6. The maximum Gasteiger partial charge on any atom is 0.270 e. The van der Waals surface area contributed by atoms with Crippen LogP contribution in [0.5, 0.6) is 5.75 Å². The van der Waals surface area contributed by atoms with Gasteiger partial charge in [-0.2, -0.15) is 0 Å². The molecule has 0 aliphatic heterocycles. The second-order valence-electron chi connectivity index (χ2n) is 4.81. The number of hydrogen-bond donors (Lipinski definition) is 0. The van der Waals surface area contributed by atoms with Crippen LogP contribution in [0.15, 0.2) is 53.9 Å². The van der Waals surface area contributed by atoms with Crippen LogP contribution < -0.4 is 4.74 Å². The van der Waals surface area contributed by atoms with Crippen LogP contribution in [0.3, 0.4) is 0 Å². The highest BCUT2D eigenvalue weighted by Gasteiger charge is 2.11. The fourth-order valence-corrected chi connectivity index (χ4v) is 3.03. The number of benzene rings is 2. The smallest absolute Gasteiger partial charge is 0.270 e. The molecule has 3 rings (SSSR count). The number of non-ortho nitro benzene ring substituents is 1. The van der Waals surface area contributed by atoms with Crippen molar-refractivity contribution in [1.29, 1.82) is 0 Å². The van der Waals surface area contributed by atoms with E-state index in [2.05, 4.69) is 4.98 Å². The van der Waals surface area contributed by atoms with Crippen molar-refractivity contribution in [3.63, 3.8) is 0 Å². The molecule has 0 saturated heterocycles. The molecule has 0 radical (unpaired) electrons. The van der Waals surface area contributed by atoms with Crippen molar-refractivity contribution >= 4 is 17.0 Å². The standard InChI is InChI=1S/C17H14N2O3S/c1-2-22-15-8-4-6-13(10-15)17-18-16(11-23-17)12-5-3-7-14(9-12)19(20)21/h3-11H,2H2,1H3. The summed E-state index contributed by atoms with van der Waals surface area (Å²) in [4.78, 5) is 15.1. The van der Waals surface area contributed by atoms with Gasteiger partial charge in [0.1, 0.15) is 10.8 Å². The predicted molar refractivity (Wildman–Crippen MR) is 90.8 cm³/mol. The molecule has 0 bridgehead atoms. The van der Waals surface area contributed by atoms with Crippen LogP contribution in [0.25, 0.3) is 21.8 Å². The predicted octanol–water partition coefficient (Wildman–Crippen LogP) is 4.78. The van der Waals surface area contributed by atoms with Crippen molar-refractivity contribution in [3.05, 3.63) is 64.0 Å². The molecule has 0 fully saturated rings. The number of rotatable bonds is 5. The van der Waals surface area contributed by atoms with Gasteiger partial charge in [-0.05, 0) is 19.1 Å². The summed E-state index contributed by atoms with van der Waals surface area (Å²) < 4.78 is 5.50. The van der Waals surface area contributed by atoms with Gasteiger partial charge < -0.3 is 4.74 Å². The average Bonchev–Trinajstić information content (AvgIpc) is 3.06. The minimum atomic E-state index is -0.400. The van der Waals surface area contributed by atoms with Gasteiger partial charge in [0.2, 0.25) is 0 Å². The van der Waals surface area contributed by atoms with Crippen LogP contribution in [-0.2, 0) is 0 Å². The molecule has 0 aliphatic carbocycles. The molecular weight excluding hydrogens is 312 g/mol. The van der Waals surface area contributed by atoms with Gasteiger partial charge in [0.15, 0.2) is 0 Å². The first-order valence-electron chi connectivity index (χ1n) is 7.11. The number of aromatic nitrogens is 1. The molecule has 0 spiro atoms. The van der Waals surface area contributed by atoms with Gasteiger partial charge in [-0.3, -0.25) is 10.1 Å². The molecule has 1 aromatic heterocycles. The summed E-state index contributed by atoms with van der Waals surface area (Å²) in [6.07, 6.45) is 0. The third-order valence-electron chi connectivity index (χ3n) is 3.25. The minimum absolute atomic E-state index is 0.0652. The van der Waals surface area contributed by atoms with E-state index in [1.54, 1.807) is 6.07 Å². The number of ether oxygens (including phenoxy) is 1. The Morgan fingerprint density at radius 2 is 1.96 bits per heavy atom. The van der Waals surface area contributed by atoms with Gasteiger partial charge >= 0.3 is 0 Å². The van der Waals surface area contributed by atoms with Gasteiger partial charge in [0.05, 0.1) is 17.2 Å². The van der Waals surface area contributed by atoms with Gasteiger partial charge in [0.25, 0.3) is 5.69 Å². The molecule has 6 heteroatoms. The topological polar surface area (TPSA) is 65.3 Å². The van der Waals surface area contributed by atoms with E-state index in [4.69, 9.17) is 4.74 Å². The number of hydrogen-bond acceptors (Lipinski definition) is 5. The SMILES string of the molecule is CCOc1cccc(-c2nc(-c3cccc([N+](=O)[O-])c3)cs2)c1. The zero-order valence-corrected chi connectivity index (χ0v) is 13.2. The molecule has 0 amide bonds. The maximum atomic E-state index is 10.9. The normalized spacial score (nSPS) is 10.5. The van der Waals surface area contributed by atoms with Crippen molar-refractivity contribution in [2.75, 3.05) is 6.61 Å². The summed E-state index contributed by atoms with van der Waals surface area (Å²) in [5.41, 5.74) is 2.51. The first-order valence-corrected chi connectivity index (χ1v) is 7.99. The highest BCUT2D eigenvalue weighted by Crippen LogP contribution is 2.31. The molecule has 2 aromatic carbocycles. The van der Waals surface area contributed by atoms with Gasteiger partial charge in [-0.25, -0.2) is 4.98 Å². The minimum Gasteiger partial charge on any atom is -0.494 e. The Bertz CT molecular complexity index is 845. The third kappa shape index (κ3) is 3.37. The zero-order chi connectivity index (χ0) is 16.2.